The summed E-state index contributed by atoms with van der Waals surface area (Å²) < 4.78 is 0. The van der Waals surface area contributed by atoms with Crippen LogP contribution in [0.5, 0.6) is 0 Å². The molecule has 0 fully saturated rings. The second-order valence-electron chi connectivity index (χ2n) is 1.34. The number of thiol groups is 1. The molecule has 0 N–H and O–H groups in total. The summed E-state index contributed by atoms with van der Waals surface area (Å²) in [4.78, 5) is 1.02. The van der Waals surface area contributed by atoms with E-state index in [4.69, 9.17) is 0 Å². The van der Waals surface area contributed by atoms with Crippen LogP contribution in [0.2, 0.25) is 0 Å². The molecule has 0 spiro atoms. The maximum Gasteiger partial charge on any atom is 0.00399 e. The first-order valence-electron chi connectivity index (χ1n) is 2.13. The minimum absolute atomic E-state index is 0. The fraction of sp³-hybridized carbons (Fsp3) is 0. The summed E-state index contributed by atoms with van der Waals surface area (Å²) in [5, 5.41) is 0. The number of rotatable bonds is 0. The van der Waals surface area contributed by atoms with Crippen LogP contribution in [0.4, 0.5) is 0 Å². The van der Waals surface area contributed by atoms with Gasteiger partial charge in [-0.05, 0) is 12.1 Å². The minimum atomic E-state index is 0. The van der Waals surface area contributed by atoms with Crippen molar-refractivity contribution in [1.29, 1.82) is 0 Å². The molecule has 0 saturated heterocycles. The van der Waals surface area contributed by atoms with Crippen LogP contribution in [0.15, 0.2) is 35.2 Å². The average molecular weight is 156 g/mol. The fourth-order valence-electron chi connectivity index (χ4n) is 0.428. The van der Waals surface area contributed by atoms with Gasteiger partial charge < -0.3 is 0 Å². The molecule has 1 aromatic rings. The molecule has 2 radical (unpaired) electrons. The molecular weight excluding hydrogens is 150 g/mol. The van der Waals surface area contributed by atoms with Gasteiger partial charge in [0.05, 0.1) is 0 Å². The summed E-state index contributed by atoms with van der Waals surface area (Å²) in [5.74, 6) is 0. The van der Waals surface area contributed by atoms with Gasteiger partial charge in [0.15, 0.2) is 0 Å². The zero-order valence-corrected chi connectivity index (χ0v) is 10.7. The Balaban J connectivity index is 0. The van der Waals surface area contributed by atoms with Crippen molar-refractivity contribution in [2.45, 2.75) is 4.90 Å². The molecule has 0 heterocycles. The van der Waals surface area contributed by atoms with Gasteiger partial charge in [-0.2, -0.15) is 0 Å². The van der Waals surface area contributed by atoms with E-state index in [1.165, 1.54) is 0 Å². The Bertz CT molecular complexity index is 141. The third-order valence-electron chi connectivity index (χ3n) is 0.756. The Hall–Kier alpha value is 1.57. The van der Waals surface area contributed by atoms with Gasteiger partial charge in [0.25, 0.3) is 0 Å². The summed E-state index contributed by atoms with van der Waals surface area (Å²) >= 11 is 4.08. The predicted molar refractivity (Wildman–Crippen MR) is 45.2 cm³/mol. The molecule has 0 aliphatic heterocycles. The third kappa shape index (κ3) is 5.99. The number of hydrogen-bond acceptors (Lipinski definition) is 1. The monoisotopic (exact) mass is 156 g/mol. The van der Waals surface area contributed by atoms with Gasteiger partial charge in [0, 0.05) is 64.0 Å². The van der Waals surface area contributed by atoms with Gasteiger partial charge in [-0.3, -0.25) is 0 Å². The van der Waals surface area contributed by atoms with E-state index < -0.39 is 0 Å². The van der Waals surface area contributed by atoms with Crippen molar-refractivity contribution in [1.82, 2.24) is 0 Å². The molecule has 0 bridgehead atoms. The summed E-state index contributed by atoms with van der Waals surface area (Å²) in [6.45, 7) is 0. The molecule has 9 heavy (non-hydrogen) atoms. The van der Waals surface area contributed by atoms with Gasteiger partial charge in [0.1, 0.15) is 0 Å². The Morgan fingerprint density at radius 1 is 0.889 bits per heavy atom. The maximum atomic E-state index is 4.08. The SMILES string of the molecule is Sc1ccccc1.[Na].[Na]. The van der Waals surface area contributed by atoms with E-state index in [1.54, 1.807) is 0 Å². The van der Waals surface area contributed by atoms with E-state index in [2.05, 4.69) is 12.6 Å². The summed E-state index contributed by atoms with van der Waals surface area (Å²) in [7, 11) is 0. The summed E-state index contributed by atoms with van der Waals surface area (Å²) in [5.41, 5.74) is 0. The van der Waals surface area contributed by atoms with Crippen LogP contribution < -0.4 is 0 Å². The standard InChI is InChI=1S/C6H6S.2Na/c7-6-4-2-1-3-5-6;;/h1-5,7H;;. The first-order chi connectivity index (χ1) is 3.39. The minimum Gasteiger partial charge on any atom is -0.143 e. The predicted octanol–water partition coefficient (Wildman–Crippen LogP) is 1.21. The fourth-order valence-corrected chi connectivity index (χ4v) is 0.600. The summed E-state index contributed by atoms with van der Waals surface area (Å²) in [6, 6.07) is 9.79. The Morgan fingerprint density at radius 3 is 1.56 bits per heavy atom. The number of benzene rings is 1. The molecule has 3 heteroatoms. The topological polar surface area (TPSA) is 0 Å². The van der Waals surface area contributed by atoms with Crippen molar-refractivity contribution in [2.24, 2.45) is 0 Å². The van der Waals surface area contributed by atoms with Gasteiger partial charge in [0.2, 0.25) is 0 Å². The smallest absolute Gasteiger partial charge is 0.00399 e. The molecule has 0 saturated carbocycles. The van der Waals surface area contributed by atoms with E-state index in [1.807, 2.05) is 30.3 Å². The maximum absolute atomic E-state index is 4.08. The first kappa shape index (κ1) is 13.2. The molecule has 0 atom stereocenters. The zero-order valence-electron chi connectivity index (χ0n) is 5.83. The Morgan fingerprint density at radius 2 is 1.33 bits per heavy atom. The Kier molecular flexibility index (Phi) is 11.2. The van der Waals surface area contributed by atoms with Crippen LogP contribution in [-0.2, 0) is 0 Å². The largest absolute Gasteiger partial charge is 0.143 e. The van der Waals surface area contributed by atoms with Crippen LogP contribution >= 0.6 is 12.6 Å². The second-order valence-corrected chi connectivity index (χ2v) is 1.85. The van der Waals surface area contributed by atoms with E-state index >= 15 is 0 Å². The van der Waals surface area contributed by atoms with E-state index in [-0.39, 0.29) is 59.1 Å². The molecule has 0 aliphatic carbocycles. The molecule has 0 aliphatic rings. The van der Waals surface area contributed by atoms with E-state index in [0.29, 0.717) is 0 Å². The third-order valence-corrected chi connectivity index (χ3v) is 1.05. The van der Waals surface area contributed by atoms with Crippen molar-refractivity contribution in [3.63, 3.8) is 0 Å². The number of hydrogen-bond donors (Lipinski definition) is 1. The van der Waals surface area contributed by atoms with Crippen LogP contribution in [0.3, 0.4) is 0 Å². The van der Waals surface area contributed by atoms with Gasteiger partial charge in [-0.1, -0.05) is 18.2 Å². The second kappa shape index (κ2) is 7.67. The molecule has 0 amide bonds. The van der Waals surface area contributed by atoms with Crippen LogP contribution in [-0.4, -0.2) is 59.1 Å². The molecular formula is C6H6Na2S. The van der Waals surface area contributed by atoms with Gasteiger partial charge in [-0.15, -0.1) is 12.6 Å². The van der Waals surface area contributed by atoms with Crippen molar-refractivity contribution >= 4 is 71.7 Å². The molecule has 1 rings (SSSR count). The van der Waals surface area contributed by atoms with Crippen LogP contribution in [0.25, 0.3) is 0 Å². The molecule has 0 nitrogen and oxygen atoms in total. The molecule has 38 valence electrons. The van der Waals surface area contributed by atoms with Crippen molar-refractivity contribution in [3.05, 3.63) is 30.3 Å². The van der Waals surface area contributed by atoms with Crippen molar-refractivity contribution in [2.75, 3.05) is 0 Å². The Labute approximate surface area is 105 Å². The average Bonchev–Trinajstić information content (AvgIpc) is 1.69. The van der Waals surface area contributed by atoms with Gasteiger partial charge >= 0.3 is 0 Å². The molecule has 1 aromatic carbocycles. The zero-order chi connectivity index (χ0) is 5.11. The molecule has 0 unspecified atom stereocenters. The summed E-state index contributed by atoms with van der Waals surface area (Å²) in [6.07, 6.45) is 0. The first-order valence-corrected chi connectivity index (χ1v) is 2.58. The van der Waals surface area contributed by atoms with Crippen molar-refractivity contribution in [3.8, 4) is 0 Å². The van der Waals surface area contributed by atoms with Crippen molar-refractivity contribution < 1.29 is 0 Å². The normalized spacial score (nSPS) is 6.78. The van der Waals surface area contributed by atoms with Gasteiger partial charge in [-0.25, -0.2) is 0 Å². The van der Waals surface area contributed by atoms with Crippen LogP contribution in [0, 0.1) is 0 Å². The van der Waals surface area contributed by atoms with E-state index in [9.17, 15) is 0 Å². The quantitative estimate of drug-likeness (QED) is 0.423. The molecule has 0 aromatic heterocycles. The van der Waals surface area contributed by atoms with E-state index in [0.717, 1.165) is 4.90 Å². The van der Waals surface area contributed by atoms with Crippen LogP contribution in [0.1, 0.15) is 0 Å².